The van der Waals surface area contributed by atoms with Gasteiger partial charge in [-0.05, 0) is 31.8 Å². The molecule has 2 rings (SSSR count). The molecular weight excluding hydrogens is 443 g/mol. The zero-order valence-electron chi connectivity index (χ0n) is 11.9. The van der Waals surface area contributed by atoms with Crippen LogP contribution in [0.3, 0.4) is 0 Å². The highest BCUT2D eigenvalue weighted by Crippen LogP contribution is 2.36. The van der Waals surface area contributed by atoms with E-state index in [4.69, 9.17) is 32.7 Å². The van der Waals surface area contributed by atoms with E-state index in [1.807, 2.05) is 6.08 Å². The molecule has 2 aliphatic rings. The van der Waals surface area contributed by atoms with Crippen molar-refractivity contribution >= 4 is 55.1 Å². The summed E-state index contributed by atoms with van der Waals surface area (Å²) in [5.41, 5.74) is 3.02. The van der Waals surface area contributed by atoms with Gasteiger partial charge in [-0.3, -0.25) is 0 Å². The smallest absolute Gasteiger partial charge is 0.0857 e. The van der Waals surface area contributed by atoms with Crippen molar-refractivity contribution in [2.24, 2.45) is 0 Å². The van der Waals surface area contributed by atoms with Crippen LogP contribution in [0.1, 0.15) is 32.6 Å². The lowest BCUT2D eigenvalue weighted by atomic mass is 9.93. The van der Waals surface area contributed by atoms with Crippen LogP contribution in [-0.2, 0) is 9.47 Å². The zero-order valence-corrected chi connectivity index (χ0v) is 16.5. The van der Waals surface area contributed by atoms with Crippen LogP contribution in [-0.4, -0.2) is 40.0 Å². The normalized spacial score (nSPS) is 44.0. The van der Waals surface area contributed by atoms with E-state index in [1.165, 1.54) is 0 Å². The van der Waals surface area contributed by atoms with E-state index >= 15 is 0 Å². The van der Waals surface area contributed by atoms with E-state index in [9.17, 15) is 0 Å². The van der Waals surface area contributed by atoms with Crippen LogP contribution >= 0.6 is 55.1 Å². The number of hydrogen-bond donors (Lipinski definition) is 0. The molecule has 7 atom stereocenters. The van der Waals surface area contributed by atoms with Gasteiger partial charge in [0.15, 0.2) is 0 Å². The molecule has 21 heavy (non-hydrogen) atoms. The van der Waals surface area contributed by atoms with Crippen molar-refractivity contribution in [2.45, 2.75) is 72.6 Å². The summed E-state index contributed by atoms with van der Waals surface area (Å²) in [6.45, 7) is 2.14. The predicted octanol–water partition coefficient (Wildman–Crippen LogP) is 5.14. The maximum Gasteiger partial charge on any atom is 0.0857 e. The fourth-order valence-corrected chi connectivity index (χ4v) is 4.47. The van der Waals surface area contributed by atoms with Crippen molar-refractivity contribution in [3.63, 3.8) is 0 Å². The minimum Gasteiger partial charge on any atom is -0.371 e. The fourth-order valence-electron chi connectivity index (χ4n) is 2.90. The van der Waals surface area contributed by atoms with Crippen LogP contribution in [0.25, 0.3) is 0 Å². The third-order valence-corrected chi connectivity index (χ3v) is 6.35. The van der Waals surface area contributed by atoms with Crippen LogP contribution in [0.4, 0.5) is 0 Å². The van der Waals surface area contributed by atoms with Crippen LogP contribution in [0.15, 0.2) is 16.8 Å². The second-order valence-corrected chi connectivity index (χ2v) is 8.29. The lowest BCUT2D eigenvalue weighted by Gasteiger charge is -2.43. The Morgan fingerprint density at radius 2 is 1.81 bits per heavy atom. The standard InChI is InChI=1S/C15H20Br2Cl2O2/c1-2-13-10(17)7-14-15(21-13)8-12(19)11(18)6-9(20-14)4-3-5-16/h4-5,9-15H,2,6-8H2,1H3/t3?,9-,10-,11-,12+,13+,14-,15-/m0/s1. The van der Waals surface area contributed by atoms with Crippen LogP contribution in [0.2, 0.25) is 0 Å². The van der Waals surface area contributed by atoms with Gasteiger partial charge in [-0.2, -0.15) is 0 Å². The minimum absolute atomic E-state index is 0.0108. The summed E-state index contributed by atoms with van der Waals surface area (Å²) in [5.74, 6) is 0. The van der Waals surface area contributed by atoms with Crippen molar-refractivity contribution in [2.75, 3.05) is 0 Å². The Morgan fingerprint density at radius 3 is 2.48 bits per heavy atom. The molecule has 0 spiro atoms. The summed E-state index contributed by atoms with van der Waals surface area (Å²) < 4.78 is 12.4. The van der Waals surface area contributed by atoms with Crippen molar-refractivity contribution < 1.29 is 9.47 Å². The van der Waals surface area contributed by atoms with Crippen molar-refractivity contribution in [3.05, 3.63) is 16.8 Å². The first-order valence-corrected chi connectivity index (χ1v) is 10.00. The molecule has 120 valence electrons. The molecule has 0 saturated carbocycles. The summed E-state index contributed by atoms with van der Waals surface area (Å²) in [4.78, 5) is 2.01. The molecule has 0 aliphatic carbocycles. The van der Waals surface area contributed by atoms with Gasteiger partial charge in [0.1, 0.15) is 0 Å². The Labute approximate surface area is 153 Å². The molecule has 2 nitrogen and oxygen atoms in total. The molecule has 0 radical (unpaired) electrons. The Balaban J connectivity index is 2.15. The Bertz CT molecular complexity index is 399. The van der Waals surface area contributed by atoms with E-state index in [1.54, 1.807) is 4.99 Å². The first-order valence-electron chi connectivity index (χ1n) is 7.29. The quantitative estimate of drug-likeness (QED) is 0.417. The number of rotatable bonds is 2. The topological polar surface area (TPSA) is 18.5 Å². The zero-order chi connectivity index (χ0) is 15.4. The summed E-state index contributed by atoms with van der Waals surface area (Å²) in [7, 11) is 0. The highest BCUT2D eigenvalue weighted by molar-refractivity contribution is 9.11. The average molecular weight is 463 g/mol. The summed E-state index contributed by atoms with van der Waals surface area (Å²) in [6.07, 6.45) is 5.41. The van der Waals surface area contributed by atoms with Gasteiger partial charge < -0.3 is 9.47 Å². The molecule has 0 bridgehead atoms. The summed E-state index contributed by atoms with van der Waals surface area (Å²) >= 11 is 19.8. The molecular formula is C15H20Br2Cl2O2. The SMILES string of the molecule is CC[C@H]1O[C@H]2C[C@@H](Cl)[C@@H](Cl)C[C@H](C=C=CBr)O[C@H]2C[C@@H]1Br. The van der Waals surface area contributed by atoms with Gasteiger partial charge in [-0.15, -0.1) is 28.9 Å². The lowest BCUT2D eigenvalue weighted by molar-refractivity contribution is -0.155. The molecule has 0 aromatic heterocycles. The van der Waals surface area contributed by atoms with Crippen LogP contribution in [0, 0.1) is 0 Å². The monoisotopic (exact) mass is 460 g/mol. The molecule has 0 aromatic rings. The van der Waals surface area contributed by atoms with Gasteiger partial charge in [0.2, 0.25) is 0 Å². The highest BCUT2D eigenvalue weighted by Gasteiger charge is 2.41. The number of fused-ring (bicyclic) bond motifs is 1. The van der Waals surface area contributed by atoms with Crippen LogP contribution < -0.4 is 0 Å². The summed E-state index contributed by atoms with van der Waals surface area (Å²) in [6, 6.07) is 0. The number of ether oxygens (including phenoxy) is 2. The Kier molecular flexibility index (Phi) is 7.61. The lowest BCUT2D eigenvalue weighted by Crippen LogP contribution is -2.50. The van der Waals surface area contributed by atoms with Crippen molar-refractivity contribution in [1.82, 2.24) is 0 Å². The number of alkyl halides is 3. The van der Waals surface area contributed by atoms with Gasteiger partial charge in [0.25, 0.3) is 0 Å². The maximum atomic E-state index is 6.46. The number of halogens is 4. The van der Waals surface area contributed by atoms with Gasteiger partial charge in [0, 0.05) is 9.81 Å². The molecule has 2 aliphatic heterocycles. The van der Waals surface area contributed by atoms with Crippen molar-refractivity contribution in [3.8, 4) is 0 Å². The predicted molar refractivity (Wildman–Crippen MR) is 95.0 cm³/mol. The molecule has 6 heteroatoms. The van der Waals surface area contributed by atoms with E-state index < -0.39 is 0 Å². The van der Waals surface area contributed by atoms with E-state index in [2.05, 4.69) is 44.5 Å². The van der Waals surface area contributed by atoms with E-state index in [0.29, 0.717) is 11.2 Å². The average Bonchev–Trinajstić information content (AvgIpc) is 2.45. The Morgan fingerprint density at radius 1 is 1.14 bits per heavy atom. The molecule has 0 unspecified atom stereocenters. The highest BCUT2D eigenvalue weighted by atomic mass is 79.9. The molecule has 0 amide bonds. The van der Waals surface area contributed by atoms with Crippen molar-refractivity contribution in [1.29, 1.82) is 0 Å². The molecule has 2 heterocycles. The van der Waals surface area contributed by atoms with Gasteiger partial charge in [0.05, 0.1) is 35.2 Å². The van der Waals surface area contributed by atoms with Gasteiger partial charge >= 0.3 is 0 Å². The third kappa shape index (κ3) is 4.97. The van der Waals surface area contributed by atoms with Crippen LogP contribution in [0.5, 0.6) is 0 Å². The van der Waals surface area contributed by atoms with E-state index in [0.717, 1.165) is 19.3 Å². The molecule has 0 N–H and O–H groups in total. The minimum atomic E-state index is -0.128. The Hall–Kier alpha value is 0.980. The maximum absolute atomic E-state index is 6.46. The first kappa shape index (κ1) is 18.3. The largest absolute Gasteiger partial charge is 0.371 e. The summed E-state index contributed by atoms with van der Waals surface area (Å²) in [5, 5.41) is -0.229. The fraction of sp³-hybridized carbons (Fsp3) is 0.800. The van der Waals surface area contributed by atoms with Gasteiger partial charge in [-0.1, -0.05) is 38.8 Å². The number of hydrogen-bond acceptors (Lipinski definition) is 2. The molecule has 0 aromatic carbocycles. The first-order chi connectivity index (χ1) is 10.0. The third-order valence-electron chi connectivity index (χ3n) is 4.03. The molecule has 2 saturated heterocycles. The van der Waals surface area contributed by atoms with E-state index in [-0.39, 0.29) is 35.2 Å². The van der Waals surface area contributed by atoms with Gasteiger partial charge in [-0.25, -0.2) is 0 Å². The second kappa shape index (κ2) is 8.73. The second-order valence-electron chi connectivity index (χ2n) is 5.53. The molecule has 2 fully saturated rings.